The van der Waals surface area contributed by atoms with Gasteiger partial charge in [0, 0.05) is 6.08 Å². The minimum atomic E-state index is -0.778. The molecule has 1 aliphatic heterocycles. The Hall–Kier alpha value is -2.62. The van der Waals surface area contributed by atoms with E-state index in [9.17, 15) is 14.9 Å². The third kappa shape index (κ3) is 3.96. The summed E-state index contributed by atoms with van der Waals surface area (Å²) in [7, 11) is 0. The van der Waals surface area contributed by atoms with Crippen molar-refractivity contribution in [3.05, 3.63) is 45.4 Å². The normalized spacial score (nSPS) is 16.8. The SMILES string of the molecule is CC(C)(C)OC(=O)C(C#N)=C1C=CC([N+](=O)[O-])=CN1. The van der Waals surface area contributed by atoms with Crippen molar-refractivity contribution in [2.75, 3.05) is 0 Å². The molecule has 0 saturated carbocycles. The fraction of sp³-hybridized carbons (Fsp3) is 0.333. The Labute approximate surface area is 110 Å². The van der Waals surface area contributed by atoms with Gasteiger partial charge in [-0.1, -0.05) is 0 Å². The standard InChI is InChI=1S/C12H13N3O4/c1-12(2,3)19-11(16)9(6-13)10-5-4-8(7-14-10)15(17)18/h4-5,7,14H,1-3H3. The van der Waals surface area contributed by atoms with Crippen LogP contribution < -0.4 is 5.32 Å². The fourth-order valence-corrected chi connectivity index (χ4v) is 1.23. The van der Waals surface area contributed by atoms with Gasteiger partial charge in [-0.2, -0.15) is 5.26 Å². The maximum Gasteiger partial charge on any atom is 0.351 e. The third-order valence-corrected chi connectivity index (χ3v) is 1.99. The van der Waals surface area contributed by atoms with Gasteiger partial charge in [-0.15, -0.1) is 0 Å². The van der Waals surface area contributed by atoms with Gasteiger partial charge in [-0.25, -0.2) is 4.79 Å². The highest BCUT2D eigenvalue weighted by molar-refractivity contribution is 5.94. The number of nitro groups is 1. The molecule has 1 aliphatic rings. The molecule has 0 bridgehead atoms. The largest absolute Gasteiger partial charge is 0.456 e. The van der Waals surface area contributed by atoms with Crippen LogP contribution in [0.2, 0.25) is 0 Å². The van der Waals surface area contributed by atoms with Crippen molar-refractivity contribution in [1.82, 2.24) is 5.32 Å². The summed E-state index contributed by atoms with van der Waals surface area (Å²) in [4.78, 5) is 21.7. The molecule has 1 N–H and O–H groups in total. The number of rotatable bonds is 2. The zero-order chi connectivity index (χ0) is 14.6. The quantitative estimate of drug-likeness (QED) is 0.265. The zero-order valence-corrected chi connectivity index (χ0v) is 10.8. The molecule has 0 aromatic rings. The molecule has 100 valence electrons. The molecule has 1 heterocycles. The molecule has 7 nitrogen and oxygen atoms in total. The van der Waals surface area contributed by atoms with Crippen molar-refractivity contribution in [3.8, 4) is 6.07 Å². The van der Waals surface area contributed by atoms with E-state index in [1.807, 2.05) is 0 Å². The Kier molecular flexibility index (Phi) is 4.07. The lowest BCUT2D eigenvalue weighted by Gasteiger charge is -2.19. The van der Waals surface area contributed by atoms with Crippen molar-refractivity contribution in [1.29, 1.82) is 5.26 Å². The molecule has 0 saturated heterocycles. The maximum absolute atomic E-state index is 11.8. The Morgan fingerprint density at radius 1 is 1.47 bits per heavy atom. The summed E-state index contributed by atoms with van der Waals surface area (Å²) in [6, 6.07) is 1.73. The van der Waals surface area contributed by atoms with E-state index in [4.69, 9.17) is 10.00 Å². The lowest BCUT2D eigenvalue weighted by Crippen LogP contribution is -2.26. The van der Waals surface area contributed by atoms with E-state index in [2.05, 4.69) is 5.32 Å². The van der Waals surface area contributed by atoms with Gasteiger partial charge in [0.1, 0.15) is 11.7 Å². The number of carbonyl (C=O) groups excluding carboxylic acids is 1. The van der Waals surface area contributed by atoms with Crippen molar-refractivity contribution < 1.29 is 14.5 Å². The van der Waals surface area contributed by atoms with E-state index >= 15 is 0 Å². The molecular weight excluding hydrogens is 250 g/mol. The van der Waals surface area contributed by atoms with Crippen LogP contribution in [0.5, 0.6) is 0 Å². The molecule has 7 heteroatoms. The first-order valence-electron chi connectivity index (χ1n) is 5.41. The summed E-state index contributed by atoms with van der Waals surface area (Å²) >= 11 is 0. The number of nitrogens with one attached hydrogen (secondary N) is 1. The molecule has 0 radical (unpaired) electrons. The average molecular weight is 263 g/mol. The van der Waals surface area contributed by atoms with Crippen molar-refractivity contribution in [2.24, 2.45) is 0 Å². The van der Waals surface area contributed by atoms with Gasteiger partial charge in [-0.3, -0.25) is 10.1 Å². The van der Waals surface area contributed by atoms with Crippen molar-refractivity contribution >= 4 is 5.97 Å². The van der Waals surface area contributed by atoms with Crippen LogP contribution in [0, 0.1) is 21.4 Å². The van der Waals surface area contributed by atoms with E-state index in [1.165, 1.54) is 12.2 Å². The Morgan fingerprint density at radius 3 is 2.47 bits per heavy atom. The van der Waals surface area contributed by atoms with Crippen LogP contribution in [0.4, 0.5) is 0 Å². The van der Waals surface area contributed by atoms with Crippen LogP contribution in [0.25, 0.3) is 0 Å². The maximum atomic E-state index is 11.8. The number of hydrogen-bond donors (Lipinski definition) is 1. The van der Waals surface area contributed by atoms with E-state index < -0.39 is 16.5 Å². The number of nitriles is 1. The highest BCUT2D eigenvalue weighted by Gasteiger charge is 2.23. The van der Waals surface area contributed by atoms with Crippen LogP contribution in [0.1, 0.15) is 20.8 Å². The smallest absolute Gasteiger partial charge is 0.351 e. The van der Waals surface area contributed by atoms with E-state index in [0.717, 1.165) is 6.20 Å². The van der Waals surface area contributed by atoms with E-state index in [-0.39, 0.29) is 17.0 Å². The number of esters is 1. The highest BCUT2D eigenvalue weighted by atomic mass is 16.6. The minimum absolute atomic E-state index is 0.162. The summed E-state index contributed by atoms with van der Waals surface area (Å²) in [6.45, 7) is 5.04. The molecular formula is C12H13N3O4. The summed E-state index contributed by atoms with van der Waals surface area (Å²) in [5, 5.41) is 22.0. The number of nitrogens with zero attached hydrogens (tertiary/aromatic N) is 2. The summed E-state index contributed by atoms with van der Waals surface area (Å²) in [5.74, 6) is -0.778. The first kappa shape index (κ1) is 14.4. The lowest BCUT2D eigenvalue weighted by molar-refractivity contribution is -0.419. The van der Waals surface area contributed by atoms with Gasteiger partial charge in [0.2, 0.25) is 0 Å². The number of dihydropyridines is 1. The predicted molar refractivity (Wildman–Crippen MR) is 65.8 cm³/mol. The van der Waals surface area contributed by atoms with Crippen molar-refractivity contribution in [2.45, 2.75) is 26.4 Å². The molecule has 1 rings (SSSR count). The second-order valence-corrected chi connectivity index (χ2v) is 4.71. The number of allylic oxidation sites excluding steroid dienone is 2. The second kappa shape index (κ2) is 5.35. The molecule has 0 aliphatic carbocycles. The fourth-order valence-electron chi connectivity index (χ4n) is 1.23. The summed E-state index contributed by atoms with van der Waals surface area (Å²) in [6.07, 6.45) is 3.60. The van der Waals surface area contributed by atoms with E-state index in [0.29, 0.717) is 0 Å². The van der Waals surface area contributed by atoms with Crippen LogP contribution in [-0.4, -0.2) is 16.5 Å². The number of hydrogen-bond acceptors (Lipinski definition) is 6. The van der Waals surface area contributed by atoms with Crippen LogP contribution >= 0.6 is 0 Å². The molecule has 0 fully saturated rings. The van der Waals surface area contributed by atoms with Gasteiger partial charge in [0.25, 0.3) is 5.70 Å². The third-order valence-electron chi connectivity index (χ3n) is 1.99. The molecule has 0 amide bonds. The summed E-state index contributed by atoms with van der Waals surface area (Å²) in [5.41, 5.74) is -0.947. The average Bonchev–Trinajstić information content (AvgIpc) is 2.28. The Balaban J connectivity index is 2.97. The molecule has 0 spiro atoms. The van der Waals surface area contributed by atoms with Crippen LogP contribution in [-0.2, 0) is 9.53 Å². The van der Waals surface area contributed by atoms with Gasteiger partial charge in [0.05, 0.1) is 16.8 Å². The van der Waals surface area contributed by atoms with Gasteiger partial charge < -0.3 is 10.1 Å². The van der Waals surface area contributed by atoms with Gasteiger partial charge >= 0.3 is 5.97 Å². The van der Waals surface area contributed by atoms with Gasteiger partial charge in [0.15, 0.2) is 5.57 Å². The first-order chi connectivity index (χ1) is 8.74. The lowest BCUT2D eigenvalue weighted by atomic mass is 10.1. The van der Waals surface area contributed by atoms with Crippen LogP contribution in [0.15, 0.2) is 35.3 Å². The second-order valence-electron chi connectivity index (χ2n) is 4.71. The number of carbonyl (C=O) groups is 1. The molecule has 0 atom stereocenters. The molecule has 0 aromatic heterocycles. The molecule has 0 aromatic carbocycles. The van der Waals surface area contributed by atoms with Gasteiger partial charge in [-0.05, 0) is 26.8 Å². The van der Waals surface area contributed by atoms with E-state index in [1.54, 1.807) is 26.8 Å². The minimum Gasteiger partial charge on any atom is -0.456 e. The highest BCUT2D eigenvalue weighted by Crippen LogP contribution is 2.15. The topological polar surface area (TPSA) is 105 Å². The van der Waals surface area contributed by atoms with Crippen LogP contribution in [0.3, 0.4) is 0 Å². The Morgan fingerprint density at radius 2 is 2.11 bits per heavy atom. The molecule has 0 unspecified atom stereocenters. The zero-order valence-electron chi connectivity index (χ0n) is 10.8. The summed E-state index contributed by atoms with van der Waals surface area (Å²) < 4.78 is 5.07. The predicted octanol–water partition coefficient (Wildman–Crippen LogP) is 1.38. The first-order valence-corrected chi connectivity index (χ1v) is 5.41. The Bertz CT molecular complexity index is 544. The monoisotopic (exact) mass is 263 g/mol. The van der Waals surface area contributed by atoms with Crippen molar-refractivity contribution in [3.63, 3.8) is 0 Å². The number of ether oxygens (including phenoxy) is 1. The molecule has 19 heavy (non-hydrogen) atoms.